The van der Waals surface area contributed by atoms with Crippen molar-refractivity contribution in [2.75, 3.05) is 0 Å². The summed E-state index contributed by atoms with van der Waals surface area (Å²) < 4.78 is 14.7. The van der Waals surface area contributed by atoms with Gasteiger partial charge < -0.3 is 5.11 Å². The van der Waals surface area contributed by atoms with Gasteiger partial charge in [-0.05, 0) is 43.7 Å². The van der Waals surface area contributed by atoms with Gasteiger partial charge in [-0.25, -0.2) is 13.9 Å². The van der Waals surface area contributed by atoms with Crippen molar-refractivity contribution >= 4 is 5.97 Å². The highest BCUT2D eigenvalue weighted by Gasteiger charge is 2.12. The third-order valence-electron chi connectivity index (χ3n) is 2.38. The molecule has 4 nitrogen and oxygen atoms in total. The summed E-state index contributed by atoms with van der Waals surface area (Å²) in [5.74, 6) is -1.47. The fraction of sp³-hybridized carbons (Fsp3) is 0.167. The maximum absolute atomic E-state index is 13.3. The molecule has 0 atom stereocenters. The maximum atomic E-state index is 13.3. The van der Waals surface area contributed by atoms with E-state index in [1.54, 1.807) is 19.9 Å². The van der Waals surface area contributed by atoms with Gasteiger partial charge in [0.15, 0.2) is 5.69 Å². The Labute approximate surface area is 97.3 Å². The van der Waals surface area contributed by atoms with Gasteiger partial charge in [0.1, 0.15) is 5.82 Å². The molecule has 17 heavy (non-hydrogen) atoms. The molecule has 1 aromatic carbocycles. The Morgan fingerprint density at radius 3 is 2.53 bits per heavy atom. The van der Waals surface area contributed by atoms with E-state index in [0.29, 0.717) is 11.4 Å². The first kappa shape index (κ1) is 11.3. The molecule has 2 rings (SSSR count). The first-order chi connectivity index (χ1) is 7.97. The Morgan fingerprint density at radius 1 is 1.29 bits per heavy atom. The van der Waals surface area contributed by atoms with E-state index in [9.17, 15) is 9.18 Å². The number of hydrogen-bond donors (Lipinski definition) is 1. The van der Waals surface area contributed by atoms with Crippen LogP contribution in [0.4, 0.5) is 4.39 Å². The van der Waals surface area contributed by atoms with Crippen LogP contribution in [0.3, 0.4) is 0 Å². The van der Waals surface area contributed by atoms with Crippen molar-refractivity contribution in [3.05, 3.63) is 47.0 Å². The van der Waals surface area contributed by atoms with Crippen molar-refractivity contribution in [1.82, 2.24) is 9.78 Å². The average Bonchev–Trinajstić information content (AvgIpc) is 2.59. The fourth-order valence-electron chi connectivity index (χ4n) is 1.68. The lowest BCUT2D eigenvalue weighted by molar-refractivity contribution is 0.0690. The van der Waals surface area contributed by atoms with E-state index in [0.717, 1.165) is 5.56 Å². The van der Waals surface area contributed by atoms with Gasteiger partial charge in [-0.3, -0.25) is 0 Å². The topological polar surface area (TPSA) is 55.1 Å². The smallest absolute Gasteiger partial charge is 0.356 e. The van der Waals surface area contributed by atoms with Gasteiger partial charge in [0.05, 0.1) is 5.69 Å². The normalized spacial score (nSPS) is 10.5. The Bertz CT molecular complexity index is 570. The molecule has 0 spiro atoms. The number of nitrogens with zero attached hydrogens (tertiary/aromatic N) is 2. The van der Waals surface area contributed by atoms with Gasteiger partial charge in [0.25, 0.3) is 0 Å². The Hall–Kier alpha value is -2.17. The number of rotatable bonds is 2. The van der Waals surface area contributed by atoms with E-state index in [-0.39, 0.29) is 11.5 Å². The zero-order valence-corrected chi connectivity index (χ0v) is 9.44. The van der Waals surface area contributed by atoms with E-state index in [2.05, 4.69) is 5.10 Å². The SMILES string of the molecule is Cc1cc(F)cc(-n2nc(C(=O)O)cc2C)c1. The number of aromatic carboxylic acids is 1. The number of benzene rings is 1. The molecule has 0 aliphatic rings. The Morgan fingerprint density at radius 2 is 2.00 bits per heavy atom. The molecule has 0 fully saturated rings. The second-order valence-corrected chi connectivity index (χ2v) is 3.87. The molecule has 1 N–H and O–H groups in total. The fourth-order valence-corrected chi connectivity index (χ4v) is 1.68. The number of aryl methyl sites for hydroxylation is 2. The van der Waals surface area contributed by atoms with Crippen LogP contribution in [0.15, 0.2) is 24.3 Å². The standard InChI is InChI=1S/C12H11FN2O2/c1-7-3-9(13)6-10(4-7)15-8(2)5-11(14-15)12(16)17/h3-6H,1-2H3,(H,16,17). The van der Waals surface area contributed by atoms with Crippen molar-refractivity contribution in [3.63, 3.8) is 0 Å². The first-order valence-electron chi connectivity index (χ1n) is 5.05. The quantitative estimate of drug-likeness (QED) is 0.867. The summed E-state index contributed by atoms with van der Waals surface area (Å²) in [6.45, 7) is 3.49. The van der Waals surface area contributed by atoms with Gasteiger partial charge in [0.2, 0.25) is 0 Å². The van der Waals surface area contributed by atoms with Crippen LogP contribution in [0, 0.1) is 19.7 Å². The second-order valence-electron chi connectivity index (χ2n) is 3.87. The minimum Gasteiger partial charge on any atom is -0.476 e. The largest absolute Gasteiger partial charge is 0.476 e. The number of carbonyl (C=O) groups is 1. The average molecular weight is 234 g/mol. The number of halogens is 1. The van der Waals surface area contributed by atoms with Gasteiger partial charge >= 0.3 is 5.97 Å². The van der Waals surface area contributed by atoms with E-state index in [1.807, 2.05) is 0 Å². The molecule has 0 saturated heterocycles. The van der Waals surface area contributed by atoms with Crippen molar-refractivity contribution in [2.24, 2.45) is 0 Å². The molecule has 0 amide bonds. The molecular weight excluding hydrogens is 223 g/mol. The Balaban J connectivity index is 2.56. The van der Waals surface area contributed by atoms with Crippen molar-refractivity contribution < 1.29 is 14.3 Å². The monoisotopic (exact) mass is 234 g/mol. The molecule has 0 radical (unpaired) electrons. The highest BCUT2D eigenvalue weighted by atomic mass is 19.1. The predicted octanol–water partition coefficient (Wildman–Crippen LogP) is 2.33. The lowest BCUT2D eigenvalue weighted by Crippen LogP contribution is -2.03. The van der Waals surface area contributed by atoms with Gasteiger partial charge in [-0.15, -0.1) is 0 Å². The third-order valence-corrected chi connectivity index (χ3v) is 2.38. The summed E-state index contributed by atoms with van der Waals surface area (Å²) in [6.07, 6.45) is 0. The van der Waals surface area contributed by atoms with Crippen LogP contribution < -0.4 is 0 Å². The predicted molar refractivity (Wildman–Crippen MR) is 60.0 cm³/mol. The zero-order chi connectivity index (χ0) is 12.6. The molecule has 1 heterocycles. The van der Waals surface area contributed by atoms with Crippen LogP contribution in [-0.4, -0.2) is 20.9 Å². The molecule has 0 aliphatic carbocycles. The number of carboxylic acids is 1. The van der Waals surface area contributed by atoms with Crippen molar-refractivity contribution in [1.29, 1.82) is 0 Å². The van der Waals surface area contributed by atoms with Crippen molar-refractivity contribution in [2.45, 2.75) is 13.8 Å². The summed E-state index contributed by atoms with van der Waals surface area (Å²) >= 11 is 0. The van der Waals surface area contributed by atoms with Gasteiger partial charge in [0, 0.05) is 5.69 Å². The molecule has 2 aromatic rings. The van der Waals surface area contributed by atoms with E-state index in [4.69, 9.17) is 5.11 Å². The minimum atomic E-state index is -1.10. The summed E-state index contributed by atoms with van der Waals surface area (Å²) in [4.78, 5) is 10.8. The van der Waals surface area contributed by atoms with Crippen molar-refractivity contribution in [3.8, 4) is 5.69 Å². The molecule has 0 unspecified atom stereocenters. The van der Waals surface area contributed by atoms with E-state index >= 15 is 0 Å². The zero-order valence-electron chi connectivity index (χ0n) is 9.44. The minimum absolute atomic E-state index is 0.0515. The van der Waals surface area contributed by atoms with Crippen LogP contribution in [-0.2, 0) is 0 Å². The number of hydrogen-bond acceptors (Lipinski definition) is 2. The molecule has 0 saturated carbocycles. The first-order valence-corrected chi connectivity index (χ1v) is 5.05. The highest BCUT2D eigenvalue weighted by Crippen LogP contribution is 2.15. The van der Waals surface area contributed by atoms with Crippen LogP contribution in [0.1, 0.15) is 21.7 Å². The molecule has 5 heteroatoms. The van der Waals surface area contributed by atoms with Crippen LogP contribution in [0.2, 0.25) is 0 Å². The van der Waals surface area contributed by atoms with E-state index in [1.165, 1.54) is 22.9 Å². The van der Waals surface area contributed by atoms with Gasteiger partial charge in [-0.1, -0.05) is 0 Å². The van der Waals surface area contributed by atoms with Crippen LogP contribution >= 0.6 is 0 Å². The highest BCUT2D eigenvalue weighted by molar-refractivity contribution is 5.85. The molecule has 88 valence electrons. The summed E-state index contributed by atoms with van der Waals surface area (Å²) in [5, 5.41) is 12.7. The number of carboxylic acid groups (broad SMARTS) is 1. The molecule has 1 aromatic heterocycles. The Kier molecular flexibility index (Phi) is 2.67. The number of aromatic nitrogens is 2. The summed E-state index contributed by atoms with van der Waals surface area (Å²) in [5.41, 5.74) is 1.87. The second kappa shape index (κ2) is 4.01. The van der Waals surface area contributed by atoms with E-state index < -0.39 is 5.97 Å². The maximum Gasteiger partial charge on any atom is 0.356 e. The lowest BCUT2D eigenvalue weighted by Gasteiger charge is -2.05. The molecular formula is C12H11FN2O2. The molecule has 0 aliphatic heterocycles. The third kappa shape index (κ3) is 2.18. The summed E-state index contributed by atoms with van der Waals surface area (Å²) in [7, 11) is 0. The van der Waals surface area contributed by atoms with Crippen LogP contribution in [0.5, 0.6) is 0 Å². The molecule has 0 bridgehead atoms. The lowest BCUT2D eigenvalue weighted by atomic mass is 10.2. The van der Waals surface area contributed by atoms with Crippen LogP contribution in [0.25, 0.3) is 5.69 Å². The van der Waals surface area contributed by atoms with Gasteiger partial charge in [-0.2, -0.15) is 5.10 Å². The summed E-state index contributed by atoms with van der Waals surface area (Å²) in [6, 6.07) is 5.91.